The molecule has 0 aliphatic carbocycles. The SMILES string of the molecule is CC(C)c1c(NC(=O)Nc2ccc(Cl)cc2)c(=O)n(-c2ccccc2)n1C. The van der Waals surface area contributed by atoms with Gasteiger partial charge >= 0.3 is 6.03 Å². The summed E-state index contributed by atoms with van der Waals surface area (Å²) < 4.78 is 3.33. The summed E-state index contributed by atoms with van der Waals surface area (Å²) in [5.41, 5.74) is 2.05. The standard InChI is InChI=1S/C20H21ClN4O2/c1-13(2)18-17(23-20(27)22-15-11-9-14(21)10-12-15)19(26)25(24(18)3)16-7-5-4-6-8-16/h4-13H,1-3H3,(H2,22,23,27). The summed E-state index contributed by atoms with van der Waals surface area (Å²) in [4.78, 5) is 25.5. The zero-order valence-corrected chi connectivity index (χ0v) is 16.1. The number of carbonyl (C=O) groups excluding carboxylic acids is 1. The Morgan fingerprint density at radius 3 is 2.22 bits per heavy atom. The number of urea groups is 1. The average Bonchev–Trinajstić information content (AvgIpc) is 2.88. The Hall–Kier alpha value is -2.99. The van der Waals surface area contributed by atoms with Crippen LogP contribution in [0.25, 0.3) is 5.69 Å². The van der Waals surface area contributed by atoms with E-state index < -0.39 is 6.03 Å². The Balaban J connectivity index is 1.96. The van der Waals surface area contributed by atoms with Gasteiger partial charge in [0.25, 0.3) is 5.56 Å². The van der Waals surface area contributed by atoms with Crippen LogP contribution in [0.5, 0.6) is 0 Å². The first-order valence-electron chi connectivity index (χ1n) is 8.59. The van der Waals surface area contributed by atoms with E-state index in [0.29, 0.717) is 10.7 Å². The number of hydrogen-bond acceptors (Lipinski definition) is 2. The second kappa shape index (κ2) is 7.72. The summed E-state index contributed by atoms with van der Waals surface area (Å²) in [5.74, 6) is 0.0403. The molecule has 2 N–H and O–H groups in total. The molecule has 2 aromatic carbocycles. The Labute approximate surface area is 162 Å². The smallest absolute Gasteiger partial charge is 0.308 e. The highest BCUT2D eigenvalue weighted by Crippen LogP contribution is 2.23. The predicted molar refractivity (Wildman–Crippen MR) is 109 cm³/mol. The van der Waals surface area contributed by atoms with Gasteiger partial charge in [0.05, 0.1) is 11.4 Å². The van der Waals surface area contributed by atoms with Gasteiger partial charge in [-0.2, -0.15) is 0 Å². The highest BCUT2D eigenvalue weighted by atomic mass is 35.5. The van der Waals surface area contributed by atoms with Gasteiger partial charge in [0, 0.05) is 17.8 Å². The molecular formula is C20H21ClN4O2. The monoisotopic (exact) mass is 384 g/mol. The lowest BCUT2D eigenvalue weighted by molar-refractivity contribution is 0.262. The normalized spacial score (nSPS) is 10.9. The lowest BCUT2D eigenvalue weighted by Gasteiger charge is -2.13. The van der Waals surface area contributed by atoms with Crippen molar-refractivity contribution in [3.8, 4) is 5.69 Å². The number of benzene rings is 2. The Bertz CT molecular complexity index is 1000. The summed E-state index contributed by atoms with van der Waals surface area (Å²) in [5, 5.41) is 6.01. The molecule has 1 heterocycles. The molecule has 0 bridgehead atoms. The molecule has 0 radical (unpaired) electrons. The van der Waals surface area contributed by atoms with E-state index in [4.69, 9.17) is 11.6 Å². The van der Waals surface area contributed by atoms with Crippen molar-refractivity contribution >= 4 is 29.0 Å². The van der Waals surface area contributed by atoms with Crippen molar-refractivity contribution in [3.05, 3.63) is 75.7 Å². The van der Waals surface area contributed by atoms with Crippen LogP contribution < -0.4 is 16.2 Å². The number of carbonyl (C=O) groups is 1. The third-order valence-electron chi connectivity index (χ3n) is 4.20. The summed E-state index contributed by atoms with van der Waals surface area (Å²) in [6, 6.07) is 15.6. The lowest BCUT2D eigenvalue weighted by Crippen LogP contribution is -2.25. The molecule has 6 nitrogen and oxygen atoms in total. The van der Waals surface area contributed by atoms with E-state index in [9.17, 15) is 9.59 Å². The minimum absolute atomic E-state index is 0.0403. The summed E-state index contributed by atoms with van der Waals surface area (Å²) in [7, 11) is 1.81. The van der Waals surface area contributed by atoms with Crippen molar-refractivity contribution in [1.82, 2.24) is 9.36 Å². The quantitative estimate of drug-likeness (QED) is 0.690. The minimum atomic E-state index is -0.484. The summed E-state index contributed by atoms with van der Waals surface area (Å²) >= 11 is 5.86. The number of hydrogen-bond donors (Lipinski definition) is 2. The number of aromatic nitrogens is 2. The first kappa shape index (κ1) is 18.8. The molecule has 0 atom stereocenters. The number of nitrogens with zero attached hydrogens (tertiary/aromatic N) is 2. The van der Waals surface area contributed by atoms with Gasteiger partial charge in [0.15, 0.2) is 0 Å². The molecule has 140 valence electrons. The first-order chi connectivity index (χ1) is 12.9. The van der Waals surface area contributed by atoms with Crippen LogP contribution >= 0.6 is 11.6 Å². The molecule has 0 unspecified atom stereocenters. The van der Waals surface area contributed by atoms with Crippen LogP contribution in [0.3, 0.4) is 0 Å². The maximum Gasteiger partial charge on any atom is 0.323 e. The third-order valence-corrected chi connectivity index (χ3v) is 4.45. The topological polar surface area (TPSA) is 68.1 Å². The van der Waals surface area contributed by atoms with Crippen molar-refractivity contribution < 1.29 is 4.79 Å². The summed E-state index contributed by atoms with van der Waals surface area (Å²) in [6.07, 6.45) is 0. The van der Waals surface area contributed by atoms with E-state index in [2.05, 4.69) is 10.6 Å². The third kappa shape index (κ3) is 3.90. The first-order valence-corrected chi connectivity index (χ1v) is 8.97. The molecular weight excluding hydrogens is 364 g/mol. The highest BCUT2D eigenvalue weighted by Gasteiger charge is 2.22. The molecule has 0 saturated carbocycles. The number of amides is 2. The van der Waals surface area contributed by atoms with Gasteiger partial charge in [-0.25, -0.2) is 9.48 Å². The van der Waals surface area contributed by atoms with Gasteiger partial charge in [0.2, 0.25) is 0 Å². The number of halogens is 1. The molecule has 0 aliphatic rings. The Kier molecular flexibility index (Phi) is 5.37. The minimum Gasteiger partial charge on any atom is -0.308 e. The van der Waals surface area contributed by atoms with Gasteiger partial charge in [-0.05, 0) is 42.3 Å². The molecule has 0 aliphatic heterocycles. The van der Waals surface area contributed by atoms with Crippen LogP contribution in [-0.4, -0.2) is 15.4 Å². The molecule has 3 aromatic rings. The van der Waals surface area contributed by atoms with Crippen LogP contribution in [-0.2, 0) is 7.05 Å². The molecule has 27 heavy (non-hydrogen) atoms. The molecule has 0 spiro atoms. The van der Waals surface area contributed by atoms with Crippen LogP contribution in [0.4, 0.5) is 16.2 Å². The number of anilines is 2. The van der Waals surface area contributed by atoms with Gasteiger partial charge < -0.3 is 10.6 Å². The Morgan fingerprint density at radius 2 is 1.63 bits per heavy atom. The van der Waals surface area contributed by atoms with Crippen molar-refractivity contribution in [3.63, 3.8) is 0 Å². The van der Waals surface area contributed by atoms with Gasteiger partial charge in [-0.1, -0.05) is 43.6 Å². The Morgan fingerprint density at radius 1 is 1.00 bits per heavy atom. The number of nitrogens with one attached hydrogen (secondary N) is 2. The molecule has 1 aromatic heterocycles. The predicted octanol–water partition coefficient (Wildman–Crippen LogP) is 4.60. The fourth-order valence-electron chi connectivity index (χ4n) is 3.07. The summed E-state index contributed by atoms with van der Waals surface area (Å²) in [6.45, 7) is 3.96. The fraction of sp³-hybridized carbons (Fsp3) is 0.200. The molecule has 7 heteroatoms. The lowest BCUT2D eigenvalue weighted by atomic mass is 10.1. The van der Waals surface area contributed by atoms with Gasteiger partial charge in [-0.3, -0.25) is 9.48 Å². The largest absolute Gasteiger partial charge is 0.323 e. The van der Waals surface area contributed by atoms with Crippen LogP contribution in [0.15, 0.2) is 59.4 Å². The highest BCUT2D eigenvalue weighted by molar-refractivity contribution is 6.30. The maximum atomic E-state index is 13.0. The second-order valence-electron chi connectivity index (χ2n) is 6.48. The van der Waals surface area contributed by atoms with Gasteiger partial charge in [0.1, 0.15) is 5.69 Å². The molecule has 0 fully saturated rings. The fourth-order valence-corrected chi connectivity index (χ4v) is 3.20. The van der Waals surface area contributed by atoms with Crippen molar-refractivity contribution in [1.29, 1.82) is 0 Å². The zero-order valence-electron chi connectivity index (χ0n) is 15.4. The van der Waals surface area contributed by atoms with E-state index in [1.165, 1.54) is 0 Å². The zero-order chi connectivity index (χ0) is 19.6. The van der Waals surface area contributed by atoms with Gasteiger partial charge in [-0.15, -0.1) is 0 Å². The van der Waals surface area contributed by atoms with E-state index in [1.807, 2.05) is 51.2 Å². The van der Waals surface area contributed by atoms with Crippen molar-refractivity contribution in [2.24, 2.45) is 7.05 Å². The van der Waals surface area contributed by atoms with Crippen molar-refractivity contribution in [2.45, 2.75) is 19.8 Å². The maximum absolute atomic E-state index is 13.0. The molecule has 3 rings (SSSR count). The average molecular weight is 385 g/mol. The second-order valence-corrected chi connectivity index (χ2v) is 6.91. The van der Waals surface area contributed by atoms with Crippen LogP contribution in [0, 0.1) is 0 Å². The van der Waals surface area contributed by atoms with Crippen LogP contribution in [0.1, 0.15) is 25.5 Å². The molecule has 0 saturated heterocycles. The number of rotatable bonds is 4. The molecule has 2 amide bonds. The van der Waals surface area contributed by atoms with Crippen molar-refractivity contribution in [2.75, 3.05) is 10.6 Å². The van der Waals surface area contributed by atoms with Crippen LogP contribution in [0.2, 0.25) is 5.02 Å². The van der Waals surface area contributed by atoms with E-state index in [0.717, 1.165) is 11.4 Å². The van der Waals surface area contributed by atoms with E-state index >= 15 is 0 Å². The number of para-hydroxylation sites is 1. The van der Waals surface area contributed by atoms with E-state index in [-0.39, 0.29) is 17.2 Å². The van der Waals surface area contributed by atoms with E-state index in [1.54, 1.807) is 33.6 Å².